The molecule has 2 aromatic rings. The first-order valence-electron chi connectivity index (χ1n) is 7.50. The molecule has 0 aromatic heterocycles. The maximum atomic E-state index is 12.1. The number of fused-ring (bicyclic) bond motifs is 1. The van der Waals surface area contributed by atoms with Crippen LogP contribution in [0.4, 0.5) is 0 Å². The molecule has 3 nitrogen and oxygen atoms in total. The number of carbonyl (C=O) groups excluding carboxylic acids is 1. The molecule has 0 unspecified atom stereocenters. The SMILES string of the molecule is CCN(CC)C(=O)CCc1ccc(C=N)c2ccccc12. The number of carbonyl (C=O) groups is 1. The number of hydrogen-bond donors (Lipinski definition) is 1. The molecular formula is C18H22N2O. The van der Waals surface area contributed by atoms with Crippen LogP contribution in [-0.2, 0) is 11.2 Å². The molecule has 0 atom stereocenters. The van der Waals surface area contributed by atoms with E-state index in [0.717, 1.165) is 35.8 Å². The first-order valence-corrected chi connectivity index (χ1v) is 7.50. The third kappa shape index (κ3) is 3.30. The highest BCUT2D eigenvalue weighted by Gasteiger charge is 2.11. The van der Waals surface area contributed by atoms with E-state index in [1.54, 1.807) is 0 Å². The van der Waals surface area contributed by atoms with Crippen LogP contribution in [0.3, 0.4) is 0 Å². The average Bonchev–Trinajstić information content (AvgIpc) is 2.53. The summed E-state index contributed by atoms with van der Waals surface area (Å²) in [6.45, 7) is 5.55. The lowest BCUT2D eigenvalue weighted by atomic mass is 9.97. The second kappa shape index (κ2) is 7.02. The molecule has 0 radical (unpaired) electrons. The number of nitrogens with zero attached hydrogens (tertiary/aromatic N) is 1. The molecule has 2 rings (SSSR count). The lowest BCUT2D eigenvalue weighted by Crippen LogP contribution is -2.30. The highest BCUT2D eigenvalue weighted by atomic mass is 16.2. The Bertz CT molecular complexity index is 645. The van der Waals surface area contributed by atoms with Gasteiger partial charge >= 0.3 is 0 Å². The van der Waals surface area contributed by atoms with Crippen LogP contribution in [-0.4, -0.2) is 30.1 Å². The maximum absolute atomic E-state index is 12.1. The van der Waals surface area contributed by atoms with Gasteiger partial charge in [0.2, 0.25) is 5.91 Å². The van der Waals surface area contributed by atoms with Crippen LogP contribution in [0.1, 0.15) is 31.4 Å². The van der Waals surface area contributed by atoms with Gasteiger partial charge in [0.1, 0.15) is 0 Å². The molecular weight excluding hydrogens is 260 g/mol. The predicted octanol–water partition coefficient (Wildman–Crippen LogP) is 3.64. The van der Waals surface area contributed by atoms with Crippen LogP contribution in [0, 0.1) is 5.41 Å². The minimum Gasteiger partial charge on any atom is -0.343 e. The van der Waals surface area contributed by atoms with E-state index in [4.69, 9.17) is 5.41 Å². The van der Waals surface area contributed by atoms with Gasteiger partial charge in [0.25, 0.3) is 0 Å². The molecule has 0 aliphatic heterocycles. The monoisotopic (exact) mass is 282 g/mol. The Morgan fingerprint density at radius 1 is 1.10 bits per heavy atom. The lowest BCUT2D eigenvalue weighted by molar-refractivity contribution is -0.130. The van der Waals surface area contributed by atoms with Crippen LogP contribution in [0.5, 0.6) is 0 Å². The molecule has 0 aliphatic carbocycles. The second-order valence-electron chi connectivity index (χ2n) is 5.07. The zero-order valence-corrected chi connectivity index (χ0v) is 12.7. The van der Waals surface area contributed by atoms with E-state index in [2.05, 4.69) is 6.07 Å². The number of amides is 1. The molecule has 1 N–H and O–H groups in total. The number of aryl methyl sites for hydroxylation is 1. The quantitative estimate of drug-likeness (QED) is 0.808. The van der Waals surface area contributed by atoms with E-state index in [1.807, 2.05) is 49.1 Å². The van der Waals surface area contributed by atoms with Crippen LogP contribution < -0.4 is 0 Å². The largest absolute Gasteiger partial charge is 0.343 e. The van der Waals surface area contributed by atoms with Crippen molar-refractivity contribution in [1.29, 1.82) is 5.41 Å². The van der Waals surface area contributed by atoms with E-state index in [0.29, 0.717) is 6.42 Å². The van der Waals surface area contributed by atoms with Gasteiger partial charge in [-0.3, -0.25) is 4.79 Å². The zero-order valence-electron chi connectivity index (χ0n) is 12.7. The van der Waals surface area contributed by atoms with Crippen molar-refractivity contribution in [3.05, 3.63) is 47.5 Å². The van der Waals surface area contributed by atoms with Crippen LogP contribution >= 0.6 is 0 Å². The Morgan fingerprint density at radius 3 is 2.38 bits per heavy atom. The van der Waals surface area contributed by atoms with Gasteiger partial charge in [0.15, 0.2) is 0 Å². The number of hydrogen-bond acceptors (Lipinski definition) is 2. The zero-order chi connectivity index (χ0) is 15.2. The van der Waals surface area contributed by atoms with Gasteiger partial charge in [-0.2, -0.15) is 0 Å². The molecule has 0 saturated heterocycles. The van der Waals surface area contributed by atoms with Crippen molar-refractivity contribution >= 4 is 22.9 Å². The standard InChI is InChI=1S/C18H22N2O/c1-3-20(4-2)18(21)12-11-14-9-10-15(13-19)17-8-6-5-7-16(14)17/h5-10,13,19H,3-4,11-12H2,1-2H3. The Morgan fingerprint density at radius 2 is 1.76 bits per heavy atom. The first kappa shape index (κ1) is 15.2. The summed E-state index contributed by atoms with van der Waals surface area (Å²) in [6.07, 6.45) is 2.66. The maximum Gasteiger partial charge on any atom is 0.222 e. The lowest BCUT2D eigenvalue weighted by Gasteiger charge is -2.18. The van der Waals surface area contributed by atoms with Gasteiger partial charge in [-0.15, -0.1) is 0 Å². The fraction of sp³-hybridized carbons (Fsp3) is 0.333. The van der Waals surface area contributed by atoms with Crippen molar-refractivity contribution in [1.82, 2.24) is 4.90 Å². The summed E-state index contributed by atoms with van der Waals surface area (Å²) in [6, 6.07) is 12.1. The number of benzene rings is 2. The summed E-state index contributed by atoms with van der Waals surface area (Å²) in [5.41, 5.74) is 2.10. The van der Waals surface area contributed by atoms with Crippen molar-refractivity contribution in [3.63, 3.8) is 0 Å². The number of nitrogens with one attached hydrogen (secondary N) is 1. The summed E-state index contributed by atoms with van der Waals surface area (Å²) in [7, 11) is 0. The van der Waals surface area contributed by atoms with Crippen LogP contribution in [0.15, 0.2) is 36.4 Å². The van der Waals surface area contributed by atoms with E-state index < -0.39 is 0 Å². The molecule has 3 heteroatoms. The number of rotatable bonds is 6. The summed E-state index contributed by atoms with van der Waals surface area (Å²) in [5, 5.41) is 9.71. The summed E-state index contributed by atoms with van der Waals surface area (Å²) < 4.78 is 0. The van der Waals surface area contributed by atoms with Crippen molar-refractivity contribution < 1.29 is 4.79 Å². The van der Waals surface area contributed by atoms with E-state index in [1.165, 1.54) is 11.8 Å². The fourth-order valence-corrected chi connectivity index (χ4v) is 2.70. The fourth-order valence-electron chi connectivity index (χ4n) is 2.70. The van der Waals surface area contributed by atoms with Gasteiger partial charge in [0.05, 0.1) is 0 Å². The molecule has 2 aromatic carbocycles. The second-order valence-corrected chi connectivity index (χ2v) is 5.07. The van der Waals surface area contributed by atoms with Crippen LogP contribution in [0.25, 0.3) is 10.8 Å². The van der Waals surface area contributed by atoms with Gasteiger partial charge < -0.3 is 10.3 Å². The minimum absolute atomic E-state index is 0.209. The summed E-state index contributed by atoms with van der Waals surface area (Å²) >= 11 is 0. The minimum atomic E-state index is 0.209. The Labute approximate surface area is 126 Å². The Hall–Kier alpha value is -2.16. The average molecular weight is 282 g/mol. The Balaban J connectivity index is 2.24. The van der Waals surface area contributed by atoms with Crippen molar-refractivity contribution in [3.8, 4) is 0 Å². The van der Waals surface area contributed by atoms with Crippen LogP contribution in [0.2, 0.25) is 0 Å². The molecule has 1 amide bonds. The van der Waals surface area contributed by atoms with Crippen molar-refractivity contribution in [2.75, 3.05) is 13.1 Å². The van der Waals surface area contributed by atoms with Gasteiger partial charge in [-0.1, -0.05) is 36.4 Å². The molecule has 21 heavy (non-hydrogen) atoms. The smallest absolute Gasteiger partial charge is 0.222 e. The molecule has 110 valence electrons. The van der Waals surface area contributed by atoms with E-state index in [-0.39, 0.29) is 5.91 Å². The Kier molecular flexibility index (Phi) is 5.09. The van der Waals surface area contributed by atoms with Gasteiger partial charge in [0, 0.05) is 25.7 Å². The summed E-state index contributed by atoms with van der Waals surface area (Å²) in [4.78, 5) is 14.0. The molecule has 0 aliphatic rings. The molecule has 0 fully saturated rings. The topological polar surface area (TPSA) is 44.2 Å². The third-order valence-corrected chi connectivity index (χ3v) is 3.93. The molecule has 0 heterocycles. The van der Waals surface area contributed by atoms with Crippen molar-refractivity contribution in [2.24, 2.45) is 0 Å². The third-order valence-electron chi connectivity index (χ3n) is 3.93. The van der Waals surface area contributed by atoms with Gasteiger partial charge in [-0.05, 0) is 42.2 Å². The highest BCUT2D eigenvalue weighted by Crippen LogP contribution is 2.23. The summed E-state index contributed by atoms with van der Waals surface area (Å²) in [5.74, 6) is 0.209. The van der Waals surface area contributed by atoms with E-state index in [9.17, 15) is 4.79 Å². The molecule has 0 saturated carbocycles. The van der Waals surface area contributed by atoms with Crippen molar-refractivity contribution in [2.45, 2.75) is 26.7 Å². The highest BCUT2D eigenvalue weighted by molar-refractivity contribution is 6.00. The van der Waals surface area contributed by atoms with Gasteiger partial charge in [-0.25, -0.2) is 0 Å². The van der Waals surface area contributed by atoms with E-state index >= 15 is 0 Å². The first-order chi connectivity index (χ1) is 10.2. The predicted molar refractivity (Wildman–Crippen MR) is 88.1 cm³/mol. The normalized spacial score (nSPS) is 10.6. The molecule has 0 bridgehead atoms. The molecule has 0 spiro atoms.